The lowest BCUT2D eigenvalue weighted by molar-refractivity contribution is -0.147. The van der Waals surface area contributed by atoms with Crippen LogP contribution in [0.5, 0.6) is 5.75 Å². The highest BCUT2D eigenvalue weighted by Gasteiger charge is 2.60. The average molecular weight is 434 g/mol. The molecule has 1 aromatic carbocycles. The lowest BCUT2D eigenvalue weighted by atomic mass is 9.59. The van der Waals surface area contributed by atoms with Crippen molar-refractivity contribution in [3.05, 3.63) is 39.9 Å². The molecule has 1 unspecified atom stereocenters. The lowest BCUT2D eigenvalue weighted by Gasteiger charge is -2.46. The predicted molar refractivity (Wildman–Crippen MR) is 108 cm³/mol. The molecule has 1 fully saturated rings. The third-order valence-corrected chi connectivity index (χ3v) is 6.48. The zero-order valence-corrected chi connectivity index (χ0v) is 16.8. The summed E-state index contributed by atoms with van der Waals surface area (Å²) in [4.78, 5) is 38.8. The van der Waals surface area contributed by atoms with Gasteiger partial charge in [-0.2, -0.15) is 0 Å². The minimum Gasteiger partial charge on any atom is -0.508 e. The van der Waals surface area contributed by atoms with E-state index in [1.165, 1.54) is 0 Å². The Kier molecular flexibility index (Phi) is 4.40. The van der Waals surface area contributed by atoms with Gasteiger partial charge in [-0.25, -0.2) is 4.39 Å². The standard InChI is InChI=1S/C21H21FN2O7.H2/c1-24(2)11-6-10(22)16(26)14-9(11)4-7-3-8-5-12(25)15(20(23)30)19(29)21(8,31)18(28)13(7)17(14)27;/h6-8,26-27,29,31H,3-5H2,1-2H3,(H2,23,30);1H/t7?,8-,21-;/m0./s1. The molecule has 0 bridgehead atoms. The average Bonchev–Trinajstić information content (AvgIpc) is 2.66. The number of aliphatic hydroxyl groups is 3. The number of phenols is 1. The van der Waals surface area contributed by atoms with Crippen molar-refractivity contribution < 1.29 is 40.6 Å². The normalized spacial score (nSPS) is 27.6. The van der Waals surface area contributed by atoms with E-state index >= 15 is 0 Å². The first-order valence-corrected chi connectivity index (χ1v) is 9.60. The summed E-state index contributed by atoms with van der Waals surface area (Å²) in [7, 11) is 3.31. The van der Waals surface area contributed by atoms with Gasteiger partial charge >= 0.3 is 0 Å². The molecule has 4 rings (SSSR count). The second-order valence-electron chi connectivity index (χ2n) is 8.38. The van der Waals surface area contributed by atoms with Gasteiger partial charge in [-0.3, -0.25) is 14.4 Å². The van der Waals surface area contributed by atoms with E-state index in [-0.39, 0.29) is 25.4 Å². The van der Waals surface area contributed by atoms with Crippen LogP contribution >= 0.6 is 0 Å². The summed E-state index contributed by atoms with van der Waals surface area (Å²) < 4.78 is 14.3. The Morgan fingerprint density at radius 3 is 2.48 bits per heavy atom. The van der Waals surface area contributed by atoms with Crippen LogP contribution in [0.15, 0.2) is 23.0 Å². The predicted octanol–water partition coefficient (Wildman–Crippen LogP) is 0.875. The number of phenolic OH excluding ortho intramolecular Hbond substituents is 1. The molecule has 1 amide bonds. The van der Waals surface area contributed by atoms with Gasteiger partial charge in [0, 0.05) is 45.2 Å². The van der Waals surface area contributed by atoms with E-state index in [2.05, 4.69) is 0 Å². The number of fused-ring (bicyclic) bond motifs is 3. The van der Waals surface area contributed by atoms with Crippen molar-refractivity contribution in [3.8, 4) is 5.75 Å². The van der Waals surface area contributed by atoms with Crippen LogP contribution in [0.25, 0.3) is 5.76 Å². The molecule has 0 saturated heterocycles. The molecule has 3 atom stereocenters. The van der Waals surface area contributed by atoms with Crippen molar-refractivity contribution in [2.24, 2.45) is 17.6 Å². The summed E-state index contributed by atoms with van der Waals surface area (Å²) in [5.41, 5.74) is 1.88. The van der Waals surface area contributed by atoms with Crippen molar-refractivity contribution >= 4 is 28.9 Å². The number of aromatic hydroxyl groups is 1. The molecule has 0 heterocycles. The maximum atomic E-state index is 14.3. The molecule has 166 valence electrons. The summed E-state index contributed by atoms with van der Waals surface area (Å²) in [6.07, 6.45) is -0.249. The number of ketones is 2. The maximum absolute atomic E-state index is 14.3. The number of amides is 1. The number of benzene rings is 1. The van der Waals surface area contributed by atoms with E-state index in [0.29, 0.717) is 11.3 Å². The number of hydrogen-bond acceptors (Lipinski definition) is 8. The molecule has 0 radical (unpaired) electrons. The largest absolute Gasteiger partial charge is 0.508 e. The van der Waals surface area contributed by atoms with Gasteiger partial charge in [0.25, 0.3) is 5.91 Å². The Bertz CT molecular complexity index is 1140. The van der Waals surface area contributed by atoms with Gasteiger partial charge in [0.15, 0.2) is 23.0 Å². The van der Waals surface area contributed by atoms with Crippen molar-refractivity contribution in [3.63, 3.8) is 0 Å². The number of nitrogens with two attached hydrogens (primary N) is 1. The molecule has 3 aliphatic rings. The number of halogens is 1. The third-order valence-electron chi connectivity index (χ3n) is 6.48. The van der Waals surface area contributed by atoms with E-state index in [9.17, 15) is 39.2 Å². The minimum atomic E-state index is -2.64. The molecule has 31 heavy (non-hydrogen) atoms. The summed E-state index contributed by atoms with van der Waals surface area (Å²) in [6.45, 7) is 0. The van der Waals surface area contributed by atoms with Crippen molar-refractivity contribution in [2.75, 3.05) is 19.0 Å². The van der Waals surface area contributed by atoms with Crippen LogP contribution in [0, 0.1) is 17.7 Å². The molecule has 3 aliphatic carbocycles. The molecule has 9 nitrogen and oxygen atoms in total. The highest BCUT2D eigenvalue weighted by atomic mass is 19.1. The molecule has 0 spiro atoms. The van der Waals surface area contributed by atoms with Gasteiger partial charge in [-0.05, 0) is 24.3 Å². The molecule has 10 heteroatoms. The summed E-state index contributed by atoms with van der Waals surface area (Å²) in [6, 6.07) is 1.12. The second kappa shape index (κ2) is 6.55. The van der Waals surface area contributed by atoms with Gasteiger partial charge in [0.2, 0.25) is 5.78 Å². The topological polar surface area (TPSA) is 161 Å². The number of hydrogen-bond donors (Lipinski definition) is 5. The zero-order valence-electron chi connectivity index (χ0n) is 16.8. The molecule has 6 N–H and O–H groups in total. The highest BCUT2D eigenvalue weighted by Crippen LogP contribution is 2.53. The quantitative estimate of drug-likeness (QED) is 0.429. The third kappa shape index (κ3) is 2.61. The van der Waals surface area contributed by atoms with Crippen LogP contribution < -0.4 is 10.6 Å². The first kappa shape index (κ1) is 20.9. The zero-order chi connectivity index (χ0) is 23.0. The fraction of sp³-hybridized carbons (Fsp3) is 0.381. The lowest BCUT2D eigenvalue weighted by Crippen LogP contribution is -2.58. The smallest absolute Gasteiger partial charge is 0.255 e. The molecule has 0 aromatic heterocycles. The monoisotopic (exact) mass is 434 g/mol. The molecular formula is C21H23FN2O7. The number of carbonyl (C=O) groups is 3. The molecule has 1 aromatic rings. The number of anilines is 1. The van der Waals surface area contributed by atoms with Crippen LogP contribution in [0.2, 0.25) is 0 Å². The van der Waals surface area contributed by atoms with Crippen LogP contribution in [0.3, 0.4) is 0 Å². The number of aliphatic hydroxyl groups excluding tert-OH is 2. The fourth-order valence-electron chi connectivity index (χ4n) is 5.04. The highest BCUT2D eigenvalue weighted by molar-refractivity contribution is 6.22. The van der Waals surface area contributed by atoms with Crippen LogP contribution in [-0.2, 0) is 20.8 Å². The number of carbonyl (C=O) groups excluding carboxylic acids is 3. The molecular weight excluding hydrogens is 411 g/mol. The Morgan fingerprint density at radius 1 is 1.26 bits per heavy atom. The Morgan fingerprint density at radius 2 is 1.90 bits per heavy atom. The summed E-state index contributed by atoms with van der Waals surface area (Å²) in [5, 5.41) is 42.8. The van der Waals surface area contributed by atoms with Crippen LogP contribution in [0.4, 0.5) is 10.1 Å². The van der Waals surface area contributed by atoms with E-state index in [0.717, 1.165) is 6.07 Å². The van der Waals surface area contributed by atoms with Gasteiger partial charge in [-0.15, -0.1) is 0 Å². The maximum Gasteiger partial charge on any atom is 0.255 e. The number of rotatable bonds is 2. The van der Waals surface area contributed by atoms with E-state index in [4.69, 9.17) is 5.73 Å². The van der Waals surface area contributed by atoms with Crippen molar-refractivity contribution in [2.45, 2.75) is 24.9 Å². The first-order chi connectivity index (χ1) is 14.4. The Balaban J connectivity index is 0.00000289. The van der Waals surface area contributed by atoms with Gasteiger partial charge in [0.05, 0.1) is 5.56 Å². The number of primary amides is 1. The van der Waals surface area contributed by atoms with Crippen LogP contribution in [-0.4, -0.2) is 57.6 Å². The fourth-order valence-corrected chi connectivity index (χ4v) is 5.04. The summed E-state index contributed by atoms with van der Waals surface area (Å²) >= 11 is 0. The Hall–Kier alpha value is -3.40. The van der Waals surface area contributed by atoms with E-state index in [1.807, 2.05) is 0 Å². The van der Waals surface area contributed by atoms with Gasteiger partial charge < -0.3 is 31.1 Å². The van der Waals surface area contributed by atoms with Crippen molar-refractivity contribution in [1.29, 1.82) is 0 Å². The van der Waals surface area contributed by atoms with Crippen molar-refractivity contribution in [1.82, 2.24) is 0 Å². The van der Waals surface area contributed by atoms with Gasteiger partial charge in [0.1, 0.15) is 17.1 Å². The number of nitrogens with zero attached hydrogens (tertiary/aromatic N) is 1. The molecule has 0 aliphatic heterocycles. The van der Waals surface area contributed by atoms with Gasteiger partial charge in [-0.1, -0.05) is 0 Å². The van der Waals surface area contributed by atoms with E-state index in [1.54, 1.807) is 19.0 Å². The summed E-state index contributed by atoms with van der Waals surface area (Å²) in [5.74, 6) is -8.60. The molecule has 1 saturated carbocycles. The SMILES string of the molecule is CN(C)c1cc(F)c(O)c2c1CC1C[C@H]3CC(=O)C(C(N)=O)=C(O)[C@@]3(O)C(=O)C1=C2O.[HH]. The second-order valence-corrected chi connectivity index (χ2v) is 8.38. The number of Topliss-reactive ketones (excluding diaryl/α,β-unsaturated/α-hetero) is 2. The minimum absolute atomic E-state index is 0. The van der Waals surface area contributed by atoms with E-state index < -0.39 is 70.0 Å². The van der Waals surface area contributed by atoms with Crippen LogP contribution in [0.1, 0.15) is 25.4 Å². The Labute approximate surface area is 177 Å². The first-order valence-electron chi connectivity index (χ1n) is 9.60.